The summed E-state index contributed by atoms with van der Waals surface area (Å²) >= 11 is 3.36. The van der Waals surface area contributed by atoms with Crippen molar-refractivity contribution in [2.75, 3.05) is 10.6 Å². The van der Waals surface area contributed by atoms with Crippen molar-refractivity contribution >= 4 is 50.1 Å². The standard InChI is InChI=1S/C23H14BrN5O5/c24-13-6-8-17(15(10-13)20-27-23(32)34-29-20)26-22(31)19-16-11-14(7-9-18(16)33-28-19)25-21(30)12-4-2-1-3-5-12/h1-11H,(H,25,30)(H,26,31)(H,27,29,32). The molecule has 2 amide bonds. The Hall–Kier alpha value is -4.51. The topological polar surface area (TPSA) is 143 Å². The number of carbonyl (C=O) groups is 2. The van der Waals surface area contributed by atoms with Crippen LogP contribution in [0.2, 0.25) is 0 Å². The highest BCUT2D eigenvalue weighted by atomic mass is 79.9. The smallest absolute Gasteiger partial charge is 0.355 e. The van der Waals surface area contributed by atoms with E-state index < -0.39 is 11.7 Å². The van der Waals surface area contributed by atoms with Crippen LogP contribution in [0.4, 0.5) is 11.4 Å². The maximum atomic E-state index is 13.1. The van der Waals surface area contributed by atoms with Crippen LogP contribution in [0.25, 0.3) is 22.4 Å². The molecule has 0 unspecified atom stereocenters. The van der Waals surface area contributed by atoms with Gasteiger partial charge in [0.25, 0.3) is 11.8 Å². The number of anilines is 2. The summed E-state index contributed by atoms with van der Waals surface area (Å²) in [5.41, 5.74) is 2.16. The molecule has 3 N–H and O–H groups in total. The van der Waals surface area contributed by atoms with Gasteiger partial charge in [-0.25, -0.2) is 4.79 Å². The molecule has 11 heteroatoms. The molecule has 34 heavy (non-hydrogen) atoms. The first-order valence-electron chi connectivity index (χ1n) is 9.91. The fourth-order valence-corrected chi connectivity index (χ4v) is 3.68. The Morgan fingerprint density at radius 3 is 2.47 bits per heavy atom. The fourth-order valence-electron chi connectivity index (χ4n) is 3.32. The normalized spacial score (nSPS) is 10.9. The zero-order valence-electron chi connectivity index (χ0n) is 17.2. The molecule has 0 fully saturated rings. The molecular weight excluding hydrogens is 506 g/mol. The Labute approximate surface area is 199 Å². The van der Waals surface area contributed by atoms with Crippen molar-refractivity contribution in [3.8, 4) is 11.4 Å². The third kappa shape index (κ3) is 4.24. The number of aromatic amines is 1. The average molecular weight is 520 g/mol. The van der Waals surface area contributed by atoms with Gasteiger partial charge in [0.2, 0.25) is 0 Å². The quantitative estimate of drug-likeness (QED) is 0.311. The van der Waals surface area contributed by atoms with Crippen molar-refractivity contribution < 1.29 is 18.6 Å². The van der Waals surface area contributed by atoms with Crippen molar-refractivity contribution in [2.24, 2.45) is 0 Å². The molecule has 0 atom stereocenters. The number of carbonyl (C=O) groups excluding carboxylic acids is 2. The van der Waals surface area contributed by atoms with E-state index in [1.807, 2.05) is 6.07 Å². The summed E-state index contributed by atoms with van der Waals surface area (Å²) in [5.74, 6) is -1.42. The SMILES string of the molecule is O=C(Nc1ccc2onc(C(=O)Nc3ccc(Br)cc3-c3noc(=O)[nH]3)c2c1)c1ccccc1. The lowest BCUT2D eigenvalue weighted by molar-refractivity contribution is 0.101. The number of nitrogens with one attached hydrogen (secondary N) is 3. The van der Waals surface area contributed by atoms with E-state index in [1.54, 1.807) is 60.7 Å². The summed E-state index contributed by atoms with van der Waals surface area (Å²) < 4.78 is 10.6. The molecule has 2 aromatic heterocycles. The molecule has 2 heterocycles. The van der Waals surface area contributed by atoms with Crippen LogP contribution < -0.4 is 16.4 Å². The fraction of sp³-hybridized carbons (Fsp3) is 0. The van der Waals surface area contributed by atoms with Gasteiger partial charge in [0, 0.05) is 21.3 Å². The van der Waals surface area contributed by atoms with E-state index in [2.05, 4.69) is 46.4 Å². The zero-order chi connectivity index (χ0) is 23.7. The molecule has 168 valence electrons. The van der Waals surface area contributed by atoms with Gasteiger partial charge in [-0.1, -0.05) is 44.4 Å². The Morgan fingerprint density at radius 1 is 0.882 bits per heavy atom. The summed E-state index contributed by atoms with van der Waals surface area (Å²) in [4.78, 5) is 39.4. The first kappa shape index (κ1) is 21.3. The van der Waals surface area contributed by atoms with Crippen LogP contribution in [0, 0.1) is 0 Å². The number of benzene rings is 3. The van der Waals surface area contributed by atoms with Gasteiger partial charge in [-0.3, -0.25) is 19.1 Å². The monoisotopic (exact) mass is 519 g/mol. The second-order valence-corrected chi connectivity index (χ2v) is 8.07. The minimum absolute atomic E-state index is 0.0216. The lowest BCUT2D eigenvalue weighted by Gasteiger charge is -2.09. The Morgan fingerprint density at radius 2 is 1.71 bits per heavy atom. The number of fused-ring (bicyclic) bond motifs is 1. The Kier molecular flexibility index (Phi) is 5.52. The highest BCUT2D eigenvalue weighted by Crippen LogP contribution is 2.30. The molecule has 10 nitrogen and oxygen atoms in total. The number of hydrogen-bond acceptors (Lipinski definition) is 7. The number of H-pyrrole nitrogens is 1. The average Bonchev–Trinajstić information content (AvgIpc) is 3.46. The van der Waals surface area contributed by atoms with Gasteiger partial charge in [-0.15, -0.1) is 0 Å². The number of nitrogens with zero attached hydrogens (tertiary/aromatic N) is 2. The summed E-state index contributed by atoms with van der Waals surface area (Å²) in [6.07, 6.45) is 0. The van der Waals surface area contributed by atoms with Gasteiger partial charge in [0.1, 0.15) is 0 Å². The maximum Gasteiger partial charge on any atom is 0.439 e. The maximum absolute atomic E-state index is 13.1. The second-order valence-electron chi connectivity index (χ2n) is 7.15. The molecule has 0 aliphatic carbocycles. The van der Waals surface area contributed by atoms with E-state index >= 15 is 0 Å². The zero-order valence-corrected chi connectivity index (χ0v) is 18.8. The van der Waals surface area contributed by atoms with Crippen LogP contribution in [0.1, 0.15) is 20.8 Å². The van der Waals surface area contributed by atoms with Crippen molar-refractivity contribution in [2.45, 2.75) is 0 Å². The molecule has 3 aromatic carbocycles. The predicted molar refractivity (Wildman–Crippen MR) is 127 cm³/mol. The molecular formula is C23H14BrN5O5. The van der Waals surface area contributed by atoms with Crippen LogP contribution >= 0.6 is 15.9 Å². The van der Waals surface area contributed by atoms with Crippen molar-refractivity contribution in [1.29, 1.82) is 0 Å². The summed E-state index contributed by atoms with van der Waals surface area (Å²) in [6.45, 7) is 0. The molecule has 0 radical (unpaired) electrons. The van der Waals surface area contributed by atoms with E-state index in [-0.39, 0.29) is 17.4 Å². The first-order chi connectivity index (χ1) is 16.5. The minimum Gasteiger partial charge on any atom is -0.355 e. The highest BCUT2D eigenvalue weighted by molar-refractivity contribution is 9.10. The number of halogens is 1. The highest BCUT2D eigenvalue weighted by Gasteiger charge is 2.20. The summed E-state index contributed by atoms with van der Waals surface area (Å²) in [5, 5.41) is 13.5. The number of rotatable bonds is 5. The molecule has 5 rings (SSSR count). The van der Waals surface area contributed by atoms with Crippen LogP contribution in [0.3, 0.4) is 0 Å². The lowest BCUT2D eigenvalue weighted by Crippen LogP contribution is -2.14. The minimum atomic E-state index is -0.722. The van der Waals surface area contributed by atoms with Crippen LogP contribution in [0.5, 0.6) is 0 Å². The van der Waals surface area contributed by atoms with Gasteiger partial charge in [-0.05, 0) is 48.5 Å². The predicted octanol–water partition coefficient (Wildman–Crippen LogP) is 4.44. The van der Waals surface area contributed by atoms with Gasteiger partial charge < -0.3 is 15.2 Å². The molecule has 5 aromatic rings. The van der Waals surface area contributed by atoms with Gasteiger partial charge in [-0.2, -0.15) is 0 Å². The van der Waals surface area contributed by atoms with Gasteiger partial charge in [0.05, 0.1) is 11.1 Å². The van der Waals surface area contributed by atoms with Crippen molar-refractivity contribution in [3.05, 3.63) is 93.0 Å². The number of hydrogen-bond donors (Lipinski definition) is 3. The summed E-state index contributed by atoms with van der Waals surface area (Å²) in [6, 6.07) is 18.7. The third-order valence-electron chi connectivity index (χ3n) is 4.90. The Bertz CT molecular complexity index is 1590. The number of aromatic nitrogens is 3. The first-order valence-corrected chi connectivity index (χ1v) is 10.7. The number of amides is 2. The second kappa shape index (κ2) is 8.79. The molecule has 0 saturated carbocycles. The van der Waals surface area contributed by atoms with E-state index in [9.17, 15) is 14.4 Å². The molecule has 0 spiro atoms. The lowest BCUT2D eigenvalue weighted by atomic mass is 10.1. The van der Waals surface area contributed by atoms with Crippen LogP contribution in [0.15, 0.2) is 85.0 Å². The van der Waals surface area contributed by atoms with E-state index in [4.69, 9.17) is 4.52 Å². The Balaban J connectivity index is 1.44. The van der Waals surface area contributed by atoms with E-state index in [1.165, 1.54) is 0 Å². The van der Waals surface area contributed by atoms with Crippen LogP contribution in [-0.4, -0.2) is 27.1 Å². The molecule has 0 bridgehead atoms. The largest absolute Gasteiger partial charge is 0.439 e. The molecule has 0 aliphatic rings. The van der Waals surface area contributed by atoms with E-state index in [0.717, 1.165) is 0 Å². The van der Waals surface area contributed by atoms with E-state index in [0.29, 0.717) is 37.9 Å². The van der Waals surface area contributed by atoms with Gasteiger partial charge in [0.15, 0.2) is 17.1 Å². The van der Waals surface area contributed by atoms with Crippen molar-refractivity contribution in [3.63, 3.8) is 0 Å². The van der Waals surface area contributed by atoms with Gasteiger partial charge >= 0.3 is 5.76 Å². The third-order valence-corrected chi connectivity index (χ3v) is 5.40. The van der Waals surface area contributed by atoms with Crippen LogP contribution in [-0.2, 0) is 0 Å². The molecule has 0 saturated heterocycles. The summed E-state index contributed by atoms with van der Waals surface area (Å²) in [7, 11) is 0. The van der Waals surface area contributed by atoms with Crippen molar-refractivity contribution in [1.82, 2.24) is 15.3 Å². The molecule has 0 aliphatic heterocycles.